The molecule has 21 heavy (non-hydrogen) atoms. The number of hydrogen-bond donors (Lipinski definition) is 2. The van der Waals surface area contributed by atoms with Crippen molar-refractivity contribution in [2.45, 2.75) is 0 Å². The summed E-state index contributed by atoms with van der Waals surface area (Å²) in [5, 5.41) is 7.73. The van der Waals surface area contributed by atoms with E-state index in [0.29, 0.717) is 22.2 Å². The molecule has 1 amide bonds. The molecular formula is C13H9BrClN5O. The van der Waals surface area contributed by atoms with Crippen LogP contribution in [0.2, 0.25) is 5.15 Å². The van der Waals surface area contributed by atoms with Crippen LogP contribution in [0.25, 0.3) is 5.65 Å². The first-order valence-electron chi connectivity index (χ1n) is 5.91. The van der Waals surface area contributed by atoms with Gasteiger partial charge in [0.2, 0.25) is 5.91 Å². The summed E-state index contributed by atoms with van der Waals surface area (Å²) in [6.45, 7) is 0. The van der Waals surface area contributed by atoms with Gasteiger partial charge in [-0.2, -0.15) is 9.61 Å². The molecular weight excluding hydrogens is 358 g/mol. The number of halogens is 2. The van der Waals surface area contributed by atoms with E-state index in [-0.39, 0.29) is 0 Å². The molecule has 0 bridgehead atoms. The molecule has 0 saturated carbocycles. The van der Waals surface area contributed by atoms with Gasteiger partial charge in [-0.3, -0.25) is 4.79 Å². The zero-order chi connectivity index (χ0) is 15.0. The lowest BCUT2D eigenvalue weighted by Gasteiger charge is -2.09. The van der Waals surface area contributed by atoms with Gasteiger partial charge in [0.05, 0.1) is 10.7 Å². The number of aromatic nitrogens is 3. The van der Waals surface area contributed by atoms with E-state index in [1.165, 1.54) is 0 Å². The van der Waals surface area contributed by atoms with Crippen molar-refractivity contribution in [1.29, 1.82) is 0 Å². The van der Waals surface area contributed by atoms with Crippen LogP contribution < -0.4 is 11.1 Å². The minimum absolute atomic E-state index is 0.347. The molecule has 0 atom stereocenters. The molecule has 2 aromatic heterocycles. The Morgan fingerprint density at radius 2 is 2.05 bits per heavy atom. The van der Waals surface area contributed by atoms with Crippen molar-refractivity contribution in [2.24, 2.45) is 5.73 Å². The maximum atomic E-state index is 11.0. The normalized spacial score (nSPS) is 10.8. The molecule has 3 N–H and O–H groups in total. The number of carbonyl (C=O) groups is 1. The molecule has 0 aliphatic rings. The van der Waals surface area contributed by atoms with Gasteiger partial charge in [0.25, 0.3) is 0 Å². The average molecular weight is 367 g/mol. The van der Waals surface area contributed by atoms with Gasteiger partial charge in [-0.25, -0.2) is 4.98 Å². The predicted octanol–water partition coefficient (Wildman–Crippen LogP) is 2.99. The lowest BCUT2D eigenvalue weighted by molar-refractivity contribution is 0.100. The molecule has 0 aliphatic carbocycles. The summed E-state index contributed by atoms with van der Waals surface area (Å²) in [6.07, 6.45) is 1.64. The van der Waals surface area contributed by atoms with Crippen molar-refractivity contribution in [2.75, 3.05) is 5.32 Å². The second kappa shape index (κ2) is 5.34. The highest BCUT2D eigenvalue weighted by Gasteiger charge is 2.09. The van der Waals surface area contributed by atoms with Crippen LogP contribution in [0.15, 0.2) is 41.0 Å². The molecule has 0 spiro atoms. The van der Waals surface area contributed by atoms with E-state index in [9.17, 15) is 4.79 Å². The Kier molecular flexibility index (Phi) is 3.52. The maximum absolute atomic E-state index is 11.0. The summed E-state index contributed by atoms with van der Waals surface area (Å²) in [4.78, 5) is 15.2. The Bertz CT molecular complexity index is 830. The lowest BCUT2D eigenvalue weighted by atomic mass is 10.2. The number of fused-ring (bicyclic) bond motifs is 1. The standard InChI is InChI=1S/C13H9BrClN5O/c14-9-6-17-20-11(5-10(15)19-13(9)20)18-8-3-1-7(2-4-8)12(16)21/h1-6,18H,(H2,16,21). The SMILES string of the molecule is NC(=O)c1ccc(Nc2cc(Cl)nc3c(Br)cnn23)cc1. The minimum Gasteiger partial charge on any atom is -0.366 e. The number of nitrogens with zero attached hydrogens (tertiary/aromatic N) is 3. The van der Waals surface area contributed by atoms with Gasteiger partial charge in [0.15, 0.2) is 5.65 Å². The van der Waals surface area contributed by atoms with E-state index >= 15 is 0 Å². The van der Waals surface area contributed by atoms with Crippen LogP contribution in [0.5, 0.6) is 0 Å². The molecule has 6 nitrogen and oxygen atoms in total. The van der Waals surface area contributed by atoms with Crippen LogP contribution in [-0.4, -0.2) is 20.5 Å². The van der Waals surface area contributed by atoms with Crippen molar-refractivity contribution in [3.8, 4) is 0 Å². The summed E-state index contributed by atoms with van der Waals surface area (Å²) in [7, 11) is 0. The third-order valence-corrected chi connectivity index (χ3v) is 3.59. The number of nitrogens with two attached hydrogens (primary N) is 1. The number of hydrogen-bond acceptors (Lipinski definition) is 4. The Labute approximate surface area is 133 Å². The number of amides is 1. The van der Waals surface area contributed by atoms with Crippen LogP contribution in [0.4, 0.5) is 11.5 Å². The summed E-state index contributed by atoms with van der Waals surface area (Å²) in [5.74, 6) is 0.189. The number of anilines is 2. The fraction of sp³-hybridized carbons (Fsp3) is 0. The van der Waals surface area contributed by atoms with E-state index in [4.69, 9.17) is 17.3 Å². The zero-order valence-corrected chi connectivity index (χ0v) is 12.9. The molecule has 0 radical (unpaired) electrons. The predicted molar refractivity (Wildman–Crippen MR) is 83.9 cm³/mol. The highest BCUT2D eigenvalue weighted by atomic mass is 79.9. The van der Waals surface area contributed by atoms with Gasteiger partial charge in [0, 0.05) is 17.3 Å². The first-order valence-corrected chi connectivity index (χ1v) is 7.08. The third kappa shape index (κ3) is 2.70. The summed E-state index contributed by atoms with van der Waals surface area (Å²) < 4.78 is 2.37. The van der Waals surface area contributed by atoms with E-state index < -0.39 is 5.91 Å². The molecule has 3 rings (SSSR count). The Morgan fingerprint density at radius 1 is 1.33 bits per heavy atom. The number of nitrogens with one attached hydrogen (secondary N) is 1. The van der Waals surface area contributed by atoms with Crippen LogP contribution in [0.1, 0.15) is 10.4 Å². The van der Waals surface area contributed by atoms with Gasteiger partial charge < -0.3 is 11.1 Å². The third-order valence-electron chi connectivity index (χ3n) is 2.84. The quantitative estimate of drug-likeness (QED) is 0.698. The second-order valence-corrected chi connectivity index (χ2v) is 5.50. The summed E-state index contributed by atoms with van der Waals surface area (Å²) >= 11 is 9.37. The number of rotatable bonds is 3. The molecule has 0 unspecified atom stereocenters. The van der Waals surface area contributed by atoms with Gasteiger partial charge in [0.1, 0.15) is 11.0 Å². The largest absolute Gasteiger partial charge is 0.366 e. The zero-order valence-electron chi connectivity index (χ0n) is 10.5. The highest BCUT2D eigenvalue weighted by molar-refractivity contribution is 9.10. The fourth-order valence-corrected chi connectivity index (χ4v) is 2.39. The first kappa shape index (κ1) is 13.8. The Hall–Kier alpha value is -2.12. The van der Waals surface area contributed by atoms with Gasteiger partial charge in [-0.1, -0.05) is 11.6 Å². The Balaban J connectivity index is 1.99. The molecule has 0 saturated heterocycles. The van der Waals surface area contributed by atoms with Gasteiger partial charge >= 0.3 is 0 Å². The topological polar surface area (TPSA) is 85.3 Å². The fourth-order valence-electron chi connectivity index (χ4n) is 1.86. The highest BCUT2D eigenvalue weighted by Crippen LogP contribution is 2.24. The van der Waals surface area contributed by atoms with Crippen molar-refractivity contribution >= 4 is 50.6 Å². The average Bonchev–Trinajstić information content (AvgIpc) is 2.81. The van der Waals surface area contributed by atoms with Crippen LogP contribution >= 0.6 is 27.5 Å². The molecule has 0 aliphatic heterocycles. The second-order valence-electron chi connectivity index (χ2n) is 4.26. The maximum Gasteiger partial charge on any atom is 0.248 e. The summed E-state index contributed by atoms with van der Waals surface area (Å²) in [6, 6.07) is 8.45. The van der Waals surface area contributed by atoms with E-state index in [1.54, 1.807) is 41.0 Å². The van der Waals surface area contributed by atoms with Gasteiger partial charge in [-0.05, 0) is 40.2 Å². The molecule has 8 heteroatoms. The number of carbonyl (C=O) groups excluding carboxylic acids is 1. The molecule has 0 fully saturated rings. The monoisotopic (exact) mass is 365 g/mol. The minimum atomic E-state index is -0.466. The number of benzene rings is 1. The lowest BCUT2D eigenvalue weighted by Crippen LogP contribution is -2.10. The van der Waals surface area contributed by atoms with E-state index in [1.807, 2.05) is 0 Å². The molecule has 2 heterocycles. The van der Waals surface area contributed by atoms with Crippen molar-refractivity contribution in [1.82, 2.24) is 14.6 Å². The smallest absolute Gasteiger partial charge is 0.248 e. The van der Waals surface area contributed by atoms with Gasteiger partial charge in [-0.15, -0.1) is 0 Å². The summed E-state index contributed by atoms with van der Waals surface area (Å²) in [5.41, 5.74) is 7.04. The van der Waals surface area contributed by atoms with E-state index in [0.717, 1.165) is 10.2 Å². The Morgan fingerprint density at radius 3 is 2.71 bits per heavy atom. The molecule has 106 valence electrons. The van der Waals surface area contributed by atoms with E-state index in [2.05, 4.69) is 31.3 Å². The molecule has 3 aromatic rings. The van der Waals surface area contributed by atoms with Crippen molar-refractivity contribution < 1.29 is 4.79 Å². The van der Waals surface area contributed by atoms with Crippen LogP contribution in [0.3, 0.4) is 0 Å². The van der Waals surface area contributed by atoms with Crippen LogP contribution in [-0.2, 0) is 0 Å². The molecule has 1 aromatic carbocycles. The van der Waals surface area contributed by atoms with Crippen molar-refractivity contribution in [3.63, 3.8) is 0 Å². The van der Waals surface area contributed by atoms with Crippen LogP contribution in [0, 0.1) is 0 Å². The first-order chi connectivity index (χ1) is 10.0. The number of primary amides is 1. The van der Waals surface area contributed by atoms with Crippen molar-refractivity contribution in [3.05, 3.63) is 51.7 Å².